The van der Waals surface area contributed by atoms with Crippen LogP contribution in [0, 0.1) is 0 Å². The molecule has 1 aliphatic rings. The van der Waals surface area contributed by atoms with Crippen molar-refractivity contribution in [3.8, 4) is 0 Å². The fourth-order valence-corrected chi connectivity index (χ4v) is 1.77. The zero-order valence-corrected chi connectivity index (χ0v) is 10.4. The predicted octanol–water partition coefficient (Wildman–Crippen LogP) is 1.26. The third-order valence-corrected chi connectivity index (χ3v) is 3.08. The van der Waals surface area contributed by atoms with Crippen LogP contribution in [0.1, 0.15) is 26.7 Å². The van der Waals surface area contributed by atoms with Crippen LogP contribution < -0.4 is 5.32 Å². The van der Waals surface area contributed by atoms with E-state index in [1.165, 1.54) is 5.54 Å². The van der Waals surface area contributed by atoms with Crippen LogP contribution in [0.15, 0.2) is 11.6 Å². The summed E-state index contributed by atoms with van der Waals surface area (Å²) in [6, 6.07) is 0. The molecule has 1 N–H and O–H groups in total. The minimum atomic E-state index is -0.784. The predicted molar refractivity (Wildman–Crippen MR) is 63.0 cm³/mol. The molecule has 90 valence electrons. The van der Waals surface area contributed by atoms with Gasteiger partial charge in [-0.15, -0.1) is 0 Å². The van der Waals surface area contributed by atoms with Gasteiger partial charge in [0, 0.05) is 25.0 Å². The van der Waals surface area contributed by atoms with Crippen LogP contribution in [0.2, 0.25) is 0 Å². The lowest BCUT2D eigenvalue weighted by Gasteiger charge is -2.30. The summed E-state index contributed by atoms with van der Waals surface area (Å²) in [5.41, 5.74) is 0.602. The minimum Gasteiger partial charge on any atom is -0.342 e. The molecule has 16 heavy (non-hydrogen) atoms. The smallest absolute Gasteiger partial charge is 0.248 e. The molecule has 1 atom stereocenters. The van der Waals surface area contributed by atoms with Gasteiger partial charge in [-0.3, -0.25) is 9.59 Å². The summed E-state index contributed by atoms with van der Waals surface area (Å²) in [5.74, 6) is -0.120. The van der Waals surface area contributed by atoms with Crippen LogP contribution in [0.3, 0.4) is 0 Å². The maximum atomic E-state index is 12.2. The highest BCUT2D eigenvalue weighted by Gasteiger charge is 2.38. The SMILES string of the molecule is CCC1(C)NC(=O)CCN(C/C=C/Cl)C1=O. The first-order chi connectivity index (χ1) is 7.53. The van der Waals surface area contributed by atoms with E-state index in [0.717, 1.165) is 0 Å². The van der Waals surface area contributed by atoms with E-state index in [-0.39, 0.29) is 11.8 Å². The van der Waals surface area contributed by atoms with Crippen molar-refractivity contribution >= 4 is 23.4 Å². The molecule has 1 unspecified atom stereocenters. The van der Waals surface area contributed by atoms with Gasteiger partial charge in [0.1, 0.15) is 5.54 Å². The van der Waals surface area contributed by atoms with Crippen molar-refractivity contribution in [3.63, 3.8) is 0 Å². The first-order valence-corrected chi connectivity index (χ1v) is 5.82. The second-order valence-corrected chi connectivity index (χ2v) is 4.35. The van der Waals surface area contributed by atoms with E-state index in [1.54, 1.807) is 17.9 Å². The first kappa shape index (κ1) is 13.0. The van der Waals surface area contributed by atoms with Crippen LogP contribution in [0.25, 0.3) is 0 Å². The van der Waals surface area contributed by atoms with E-state index in [2.05, 4.69) is 5.32 Å². The van der Waals surface area contributed by atoms with Crippen LogP contribution >= 0.6 is 11.6 Å². The van der Waals surface area contributed by atoms with Crippen molar-refractivity contribution in [1.29, 1.82) is 0 Å². The molecule has 1 heterocycles. The topological polar surface area (TPSA) is 49.4 Å². The van der Waals surface area contributed by atoms with Gasteiger partial charge in [0.25, 0.3) is 0 Å². The Morgan fingerprint density at radius 2 is 2.25 bits per heavy atom. The number of halogens is 1. The number of hydrogen-bond acceptors (Lipinski definition) is 2. The summed E-state index contributed by atoms with van der Waals surface area (Å²) in [6.07, 6.45) is 2.63. The van der Waals surface area contributed by atoms with E-state index in [4.69, 9.17) is 11.6 Å². The van der Waals surface area contributed by atoms with Crippen LogP contribution in [0.4, 0.5) is 0 Å². The number of carbonyl (C=O) groups is 2. The molecule has 0 aromatic heterocycles. The van der Waals surface area contributed by atoms with Gasteiger partial charge < -0.3 is 10.2 Å². The summed E-state index contributed by atoms with van der Waals surface area (Å²) >= 11 is 5.44. The molecule has 0 aromatic carbocycles. The molecule has 1 rings (SSSR count). The summed E-state index contributed by atoms with van der Waals surface area (Å²) in [7, 11) is 0. The van der Waals surface area contributed by atoms with Crippen molar-refractivity contribution in [2.45, 2.75) is 32.2 Å². The average Bonchev–Trinajstić information content (AvgIpc) is 2.37. The number of nitrogens with one attached hydrogen (secondary N) is 1. The summed E-state index contributed by atoms with van der Waals surface area (Å²) in [5, 5.41) is 2.77. The molecule has 1 aliphatic heterocycles. The molecule has 4 nitrogen and oxygen atoms in total. The van der Waals surface area contributed by atoms with Gasteiger partial charge in [-0.05, 0) is 13.3 Å². The molecule has 0 spiro atoms. The van der Waals surface area contributed by atoms with Crippen molar-refractivity contribution in [2.75, 3.05) is 13.1 Å². The van der Waals surface area contributed by atoms with Gasteiger partial charge >= 0.3 is 0 Å². The van der Waals surface area contributed by atoms with E-state index in [1.807, 2.05) is 6.92 Å². The second-order valence-electron chi connectivity index (χ2n) is 4.10. The number of hydrogen-bond donors (Lipinski definition) is 1. The second kappa shape index (κ2) is 5.34. The van der Waals surface area contributed by atoms with Crippen molar-refractivity contribution < 1.29 is 9.59 Å². The van der Waals surface area contributed by atoms with Gasteiger partial charge in [0.15, 0.2) is 0 Å². The first-order valence-electron chi connectivity index (χ1n) is 5.39. The van der Waals surface area contributed by atoms with Crippen molar-refractivity contribution in [3.05, 3.63) is 11.6 Å². The molecule has 1 saturated heterocycles. The third-order valence-electron chi connectivity index (χ3n) is 2.91. The standard InChI is InChI=1S/C11H17ClN2O2/c1-3-11(2)10(16)14(7-4-6-12)8-5-9(15)13-11/h4,6H,3,5,7-8H2,1-2H3,(H,13,15)/b6-4+. The molecule has 0 bridgehead atoms. The highest BCUT2D eigenvalue weighted by Crippen LogP contribution is 2.17. The molecule has 0 saturated carbocycles. The maximum absolute atomic E-state index is 12.2. The Labute approximate surface area is 101 Å². The number of carbonyl (C=O) groups excluding carboxylic acids is 2. The molecular formula is C11H17ClN2O2. The van der Waals surface area contributed by atoms with Gasteiger partial charge in [0.05, 0.1) is 0 Å². The molecule has 0 aromatic rings. The van der Waals surface area contributed by atoms with E-state index in [0.29, 0.717) is 25.9 Å². The number of rotatable bonds is 3. The zero-order valence-electron chi connectivity index (χ0n) is 9.62. The van der Waals surface area contributed by atoms with Crippen molar-refractivity contribution in [1.82, 2.24) is 10.2 Å². The molecule has 0 radical (unpaired) electrons. The summed E-state index contributed by atoms with van der Waals surface area (Å²) in [6.45, 7) is 4.55. The Balaban J connectivity index is 2.87. The van der Waals surface area contributed by atoms with Crippen LogP contribution in [-0.4, -0.2) is 35.3 Å². The van der Waals surface area contributed by atoms with E-state index < -0.39 is 5.54 Å². The quantitative estimate of drug-likeness (QED) is 0.813. The Hall–Kier alpha value is -1.03. The fraction of sp³-hybridized carbons (Fsp3) is 0.636. The average molecular weight is 245 g/mol. The van der Waals surface area contributed by atoms with Crippen molar-refractivity contribution in [2.24, 2.45) is 0 Å². The largest absolute Gasteiger partial charge is 0.342 e. The third kappa shape index (κ3) is 2.76. The molecule has 0 aliphatic carbocycles. The van der Waals surface area contributed by atoms with Gasteiger partial charge in [0.2, 0.25) is 11.8 Å². The summed E-state index contributed by atoms with van der Waals surface area (Å²) < 4.78 is 0. The Kier molecular flexibility index (Phi) is 4.35. The molecular weight excluding hydrogens is 228 g/mol. The lowest BCUT2D eigenvalue weighted by Crippen LogP contribution is -2.54. The maximum Gasteiger partial charge on any atom is 0.248 e. The highest BCUT2D eigenvalue weighted by atomic mass is 35.5. The van der Waals surface area contributed by atoms with Gasteiger partial charge in [-0.25, -0.2) is 0 Å². The van der Waals surface area contributed by atoms with Crippen LogP contribution in [0.5, 0.6) is 0 Å². The monoisotopic (exact) mass is 244 g/mol. The van der Waals surface area contributed by atoms with E-state index in [9.17, 15) is 9.59 Å². The lowest BCUT2D eigenvalue weighted by molar-refractivity contribution is -0.137. The Morgan fingerprint density at radius 3 is 2.81 bits per heavy atom. The Bertz CT molecular complexity index is 317. The summed E-state index contributed by atoms with van der Waals surface area (Å²) in [4.78, 5) is 25.3. The molecule has 2 amide bonds. The van der Waals surface area contributed by atoms with Crippen LogP contribution in [-0.2, 0) is 9.59 Å². The number of nitrogens with zero attached hydrogens (tertiary/aromatic N) is 1. The molecule has 1 fully saturated rings. The Morgan fingerprint density at radius 1 is 1.56 bits per heavy atom. The number of amides is 2. The highest BCUT2D eigenvalue weighted by molar-refractivity contribution is 6.25. The van der Waals surface area contributed by atoms with E-state index >= 15 is 0 Å². The van der Waals surface area contributed by atoms with Gasteiger partial charge in [-0.1, -0.05) is 24.6 Å². The van der Waals surface area contributed by atoms with Gasteiger partial charge in [-0.2, -0.15) is 0 Å². The molecule has 5 heteroatoms. The normalized spacial score (nSPS) is 27.1. The zero-order chi connectivity index (χ0) is 12.2. The lowest BCUT2D eigenvalue weighted by atomic mass is 9.97. The fourth-order valence-electron chi connectivity index (χ4n) is 1.69. The minimum absolute atomic E-state index is 0.0457.